The summed E-state index contributed by atoms with van der Waals surface area (Å²) in [5, 5.41) is 0. The van der Waals surface area contributed by atoms with E-state index in [0.29, 0.717) is 25.7 Å². The second-order valence-corrected chi connectivity index (χ2v) is 11.7. The summed E-state index contributed by atoms with van der Waals surface area (Å²) in [6, 6.07) is 8.31. The van der Waals surface area contributed by atoms with E-state index in [2.05, 4.69) is 6.92 Å². The van der Waals surface area contributed by atoms with Crippen molar-refractivity contribution in [3.8, 4) is 0 Å². The van der Waals surface area contributed by atoms with E-state index < -0.39 is 34.0 Å². The van der Waals surface area contributed by atoms with Gasteiger partial charge in [-0.2, -0.15) is 17.0 Å². The lowest BCUT2D eigenvalue weighted by atomic mass is 9.81. The number of unbranched alkanes of at least 4 members (excludes halogenated alkanes) is 1. The fourth-order valence-electron chi connectivity index (χ4n) is 4.89. The van der Waals surface area contributed by atoms with Gasteiger partial charge in [0.2, 0.25) is 5.91 Å². The predicted octanol–water partition coefficient (Wildman–Crippen LogP) is 3.78. The van der Waals surface area contributed by atoms with Gasteiger partial charge in [0.25, 0.3) is 0 Å². The van der Waals surface area contributed by atoms with Crippen molar-refractivity contribution in [2.45, 2.75) is 83.5 Å². The Morgan fingerprint density at radius 1 is 1.12 bits per heavy atom. The van der Waals surface area contributed by atoms with Gasteiger partial charge in [-0.1, -0.05) is 43.7 Å². The van der Waals surface area contributed by atoms with E-state index in [1.54, 1.807) is 19.0 Å². The lowest BCUT2D eigenvalue weighted by Gasteiger charge is -2.35. The van der Waals surface area contributed by atoms with Crippen LogP contribution in [-0.2, 0) is 26.3 Å². The smallest absolute Gasteiger partial charge is 0.425 e. The molecular weight excluding hydrogens is 442 g/mol. The molecule has 1 heterocycles. The van der Waals surface area contributed by atoms with Crippen molar-refractivity contribution in [1.82, 2.24) is 13.5 Å². The molecule has 1 saturated heterocycles. The molecule has 2 aliphatic rings. The Balaban J connectivity index is 1.91. The molecule has 2 amide bonds. The van der Waals surface area contributed by atoms with Gasteiger partial charge >= 0.3 is 16.3 Å². The van der Waals surface area contributed by atoms with E-state index in [-0.39, 0.29) is 18.4 Å². The number of rotatable bonds is 7. The summed E-state index contributed by atoms with van der Waals surface area (Å²) in [6.07, 6.45) is 3.04. The summed E-state index contributed by atoms with van der Waals surface area (Å²) in [6.45, 7) is 5.84. The Morgan fingerprint density at radius 2 is 1.79 bits per heavy atom. The summed E-state index contributed by atoms with van der Waals surface area (Å²) in [4.78, 5) is 27.5. The first kappa shape index (κ1) is 25.5. The van der Waals surface area contributed by atoms with Crippen molar-refractivity contribution >= 4 is 22.2 Å². The minimum atomic E-state index is -4.10. The number of ether oxygens (including phenoxy) is 1. The maximum absolute atomic E-state index is 13.7. The van der Waals surface area contributed by atoms with Gasteiger partial charge in [0, 0.05) is 32.6 Å². The normalized spacial score (nSPS) is 24.9. The molecule has 1 aromatic rings. The summed E-state index contributed by atoms with van der Waals surface area (Å²) >= 11 is 0. The molecule has 0 bridgehead atoms. The first-order valence-electron chi connectivity index (χ1n) is 11.8. The third-order valence-corrected chi connectivity index (χ3v) is 8.55. The second-order valence-electron chi connectivity index (χ2n) is 9.94. The fourth-order valence-corrected chi connectivity index (χ4v) is 6.81. The van der Waals surface area contributed by atoms with Gasteiger partial charge in [-0.15, -0.1) is 0 Å². The minimum absolute atomic E-state index is 0.00719. The zero-order chi connectivity index (χ0) is 24.4. The van der Waals surface area contributed by atoms with Gasteiger partial charge in [-0.25, -0.2) is 4.79 Å². The van der Waals surface area contributed by atoms with Gasteiger partial charge < -0.3 is 9.64 Å². The van der Waals surface area contributed by atoms with Crippen LogP contribution >= 0.6 is 0 Å². The van der Waals surface area contributed by atoms with Crippen LogP contribution in [0.25, 0.3) is 0 Å². The molecule has 0 spiro atoms. The quantitative estimate of drug-likeness (QED) is 0.594. The van der Waals surface area contributed by atoms with E-state index in [1.807, 2.05) is 44.2 Å². The summed E-state index contributed by atoms with van der Waals surface area (Å²) in [5.41, 5.74) is 0.0719. The molecule has 33 heavy (non-hydrogen) atoms. The number of amides is 2. The molecule has 0 unspecified atom stereocenters. The topological polar surface area (TPSA) is 87.2 Å². The number of hydrogen-bond donors (Lipinski definition) is 0. The fraction of sp³-hybridized carbons (Fsp3) is 0.667. The highest BCUT2D eigenvalue weighted by Gasteiger charge is 2.57. The Hall–Kier alpha value is -2.13. The third kappa shape index (κ3) is 5.51. The Labute approximate surface area is 198 Å². The number of nitrogens with zero attached hydrogens (tertiary/aromatic N) is 3. The average Bonchev–Trinajstić information content (AvgIpc) is 2.97. The molecule has 1 aliphatic carbocycles. The molecule has 184 valence electrons. The molecule has 1 saturated carbocycles. The lowest BCUT2D eigenvalue weighted by Crippen LogP contribution is -2.48. The van der Waals surface area contributed by atoms with Gasteiger partial charge in [-0.3, -0.25) is 4.79 Å². The van der Waals surface area contributed by atoms with Gasteiger partial charge in [-0.05, 0) is 51.5 Å². The molecule has 9 heteroatoms. The SMILES string of the molecule is CCCCC(C)(C)OC(=O)N1[C@H]2CC[C@H](C(=O)N(C)C)C[C@H]2N(Cc2ccccc2)S1(=O)=O. The second kappa shape index (κ2) is 10.0. The van der Waals surface area contributed by atoms with Crippen LogP contribution < -0.4 is 0 Å². The van der Waals surface area contributed by atoms with E-state index >= 15 is 0 Å². The summed E-state index contributed by atoms with van der Waals surface area (Å²) in [5.74, 6) is -0.279. The maximum Gasteiger partial charge on any atom is 0.425 e. The number of benzene rings is 1. The molecule has 2 fully saturated rings. The van der Waals surface area contributed by atoms with E-state index in [9.17, 15) is 18.0 Å². The summed E-state index contributed by atoms with van der Waals surface area (Å²) in [7, 11) is -0.679. The van der Waals surface area contributed by atoms with Gasteiger partial charge in [0.15, 0.2) is 0 Å². The van der Waals surface area contributed by atoms with Crippen molar-refractivity contribution < 1.29 is 22.7 Å². The highest BCUT2D eigenvalue weighted by Crippen LogP contribution is 2.42. The molecule has 1 aromatic carbocycles. The number of fused-ring (bicyclic) bond motifs is 1. The summed E-state index contributed by atoms with van der Waals surface area (Å²) < 4.78 is 35.4. The van der Waals surface area contributed by atoms with Crippen molar-refractivity contribution in [2.24, 2.45) is 5.92 Å². The van der Waals surface area contributed by atoms with Crippen molar-refractivity contribution in [1.29, 1.82) is 0 Å². The van der Waals surface area contributed by atoms with Crippen LogP contribution in [0.1, 0.15) is 64.9 Å². The molecule has 0 aromatic heterocycles. The van der Waals surface area contributed by atoms with Crippen LogP contribution in [0.2, 0.25) is 0 Å². The Morgan fingerprint density at radius 3 is 2.39 bits per heavy atom. The van der Waals surface area contributed by atoms with Crippen molar-refractivity contribution in [3.63, 3.8) is 0 Å². The van der Waals surface area contributed by atoms with E-state index in [4.69, 9.17) is 4.74 Å². The largest absolute Gasteiger partial charge is 0.443 e. The van der Waals surface area contributed by atoms with Crippen molar-refractivity contribution in [2.75, 3.05) is 14.1 Å². The molecule has 3 atom stereocenters. The zero-order valence-electron chi connectivity index (χ0n) is 20.4. The zero-order valence-corrected chi connectivity index (χ0v) is 21.2. The average molecular weight is 480 g/mol. The van der Waals surface area contributed by atoms with Crippen LogP contribution in [0.15, 0.2) is 30.3 Å². The highest BCUT2D eigenvalue weighted by molar-refractivity contribution is 7.87. The minimum Gasteiger partial charge on any atom is -0.443 e. The monoisotopic (exact) mass is 479 g/mol. The van der Waals surface area contributed by atoms with Crippen LogP contribution in [0.5, 0.6) is 0 Å². The molecule has 1 aliphatic heterocycles. The highest BCUT2D eigenvalue weighted by atomic mass is 32.2. The predicted molar refractivity (Wildman–Crippen MR) is 126 cm³/mol. The van der Waals surface area contributed by atoms with Gasteiger partial charge in [0.1, 0.15) is 5.60 Å². The van der Waals surface area contributed by atoms with Crippen LogP contribution in [0.3, 0.4) is 0 Å². The van der Waals surface area contributed by atoms with E-state index in [1.165, 1.54) is 4.31 Å². The number of carbonyl (C=O) groups excluding carboxylic acids is 2. The van der Waals surface area contributed by atoms with Crippen LogP contribution in [0, 0.1) is 5.92 Å². The van der Waals surface area contributed by atoms with Gasteiger partial charge in [0.05, 0.1) is 6.04 Å². The van der Waals surface area contributed by atoms with Crippen LogP contribution in [-0.4, -0.2) is 65.7 Å². The Bertz CT molecular complexity index is 948. The lowest BCUT2D eigenvalue weighted by molar-refractivity contribution is -0.134. The first-order chi connectivity index (χ1) is 15.5. The molecule has 0 radical (unpaired) electrons. The Kier molecular flexibility index (Phi) is 7.73. The number of carbonyl (C=O) groups is 2. The molecule has 0 N–H and O–H groups in total. The molecular formula is C24H37N3O5S. The molecule has 8 nitrogen and oxygen atoms in total. The number of hydrogen-bond acceptors (Lipinski definition) is 5. The standard InChI is InChI=1S/C24H37N3O5S/c1-6-7-15-24(2,3)32-23(29)27-20-14-13-19(22(28)25(4)5)16-21(20)26(33(27,30)31)17-18-11-9-8-10-12-18/h8-12,19-21H,6-7,13-17H2,1-5H3/t19-,20-,21+/m0/s1. The third-order valence-electron chi connectivity index (χ3n) is 6.64. The van der Waals surface area contributed by atoms with E-state index in [0.717, 1.165) is 22.7 Å². The molecule has 3 rings (SSSR count). The maximum atomic E-state index is 13.7. The first-order valence-corrected chi connectivity index (χ1v) is 13.2. The van der Waals surface area contributed by atoms with Crippen molar-refractivity contribution in [3.05, 3.63) is 35.9 Å². The van der Waals surface area contributed by atoms with Crippen LogP contribution in [0.4, 0.5) is 4.79 Å².